The zero-order valence-electron chi connectivity index (χ0n) is 47.2. The fraction of sp³-hybridized carbons (Fsp3) is 0.917. The summed E-state index contributed by atoms with van der Waals surface area (Å²) in [5, 5.41) is 9.81. The molecule has 0 amide bonds. The van der Waals surface area contributed by atoms with Crippen molar-refractivity contribution in [3.63, 3.8) is 0 Å². The van der Waals surface area contributed by atoms with E-state index in [1.165, 1.54) is 180 Å². The first-order chi connectivity index (χ1) is 35.2. The molecule has 0 bridgehead atoms. The Balaban J connectivity index is 4.66. The predicted molar refractivity (Wildman–Crippen MR) is 298 cm³/mol. The summed E-state index contributed by atoms with van der Waals surface area (Å²) < 4.78 is 39.6. The molecule has 0 aromatic carbocycles. The molecule has 0 saturated heterocycles. The number of esters is 3. The fourth-order valence-corrected chi connectivity index (χ4v) is 9.78. The lowest BCUT2D eigenvalue weighted by Gasteiger charge is -2.21. The van der Waals surface area contributed by atoms with Gasteiger partial charge in [0.05, 0.1) is 19.8 Å². The molecule has 0 heterocycles. The van der Waals surface area contributed by atoms with Crippen molar-refractivity contribution >= 4 is 25.7 Å². The maximum absolute atomic E-state index is 12.9. The molecule has 0 saturated carbocycles. The van der Waals surface area contributed by atoms with Crippen LogP contribution in [0, 0.1) is 0 Å². The van der Waals surface area contributed by atoms with Gasteiger partial charge in [0.1, 0.15) is 12.7 Å². The van der Waals surface area contributed by atoms with Crippen LogP contribution in [0.4, 0.5) is 0 Å². The number of phosphoric acid groups is 1. The molecule has 11 nitrogen and oxygen atoms in total. The Morgan fingerprint density at radius 3 is 0.972 bits per heavy atom. The molecule has 0 fully saturated rings. The summed E-state index contributed by atoms with van der Waals surface area (Å²) in [6.07, 6.45) is 54.5. The van der Waals surface area contributed by atoms with Crippen molar-refractivity contribution < 1.29 is 52.2 Å². The van der Waals surface area contributed by atoms with Gasteiger partial charge in [-0.15, -0.1) is 0 Å². The first kappa shape index (κ1) is 70.2. The molecule has 3 unspecified atom stereocenters. The van der Waals surface area contributed by atoms with E-state index >= 15 is 0 Å². The van der Waals surface area contributed by atoms with E-state index in [4.69, 9.17) is 23.3 Å². The molecule has 0 aromatic heterocycles. The van der Waals surface area contributed by atoms with Gasteiger partial charge in [0.25, 0.3) is 0 Å². The molecule has 0 spiro atoms. The number of phosphoric ester groups is 1. The molecule has 2 N–H and O–H groups in total. The molecule has 0 rings (SSSR count). The minimum Gasteiger partial charge on any atom is -0.462 e. The lowest BCUT2D eigenvalue weighted by atomic mass is 10.0. The van der Waals surface area contributed by atoms with E-state index in [0.29, 0.717) is 19.3 Å². The first-order valence-electron chi connectivity index (χ1n) is 30.6. The van der Waals surface area contributed by atoms with E-state index in [2.05, 4.69) is 32.9 Å². The number of rotatable bonds is 58. The Kier molecular flexibility index (Phi) is 54.1. The third-order valence-electron chi connectivity index (χ3n) is 13.7. The highest BCUT2D eigenvalue weighted by atomic mass is 31.2. The van der Waals surface area contributed by atoms with Crippen molar-refractivity contribution in [2.45, 2.75) is 328 Å². The van der Waals surface area contributed by atoms with E-state index in [-0.39, 0.29) is 25.9 Å². The van der Waals surface area contributed by atoms with E-state index in [1.807, 2.05) is 0 Å². The number of carbonyl (C=O) groups is 3. The van der Waals surface area contributed by atoms with Gasteiger partial charge in [-0.1, -0.05) is 264 Å². The SMILES string of the molecule is CCCCCC/C=C\CCCCCCCC(=O)OC(CO)COP(=O)(O)OCC(COC(=O)CCCCCCCCCCCCCCCCC)OC(=O)CCCCCCCCCCCCCCCCCCC. The summed E-state index contributed by atoms with van der Waals surface area (Å²) in [4.78, 5) is 48.6. The molecule has 0 aliphatic rings. The number of allylic oxidation sites excluding steroid dienone is 2. The van der Waals surface area contributed by atoms with Gasteiger partial charge in [0, 0.05) is 19.3 Å². The van der Waals surface area contributed by atoms with Crippen LogP contribution >= 0.6 is 7.82 Å². The number of hydrogen-bond acceptors (Lipinski definition) is 10. The zero-order valence-corrected chi connectivity index (χ0v) is 48.1. The normalized spacial score (nSPS) is 13.3. The van der Waals surface area contributed by atoms with Gasteiger partial charge in [0.15, 0.2) is 6.10 Å². The Bertz CT molecular complexity index is 1260. The van der Waals surface area contributed by atoms with Gasteiger partial charge >= 0.3 is 25.7 Å². The Morgan fingerprint density at radius 2 is 0.639 bits per heavy atom. The van der Waals surface area contributed by atoms with Crippen LogP contribution in [0.25, 0.3) is 0 Å². The van der Waals surface area contributed by atoms with Crippen molar-refractivity contribution in [3.05, 3.63) is 12.2 Å². The number of hydrogen-bond donors (Lipinski definition) is 2. The maximum atomic E-state index is 12.9. The second kappa shape index (κ2) is 55.5. The van der Waals surface area contributed by atoms with E-state index in [1.54, 1.807) is 0 Å². The summed E-state index contributed by atoms with van der Waals surface area (Å²) in [5.74, 6) is -1.44. The highest BCUT2D eigenvalue weighted by Crippen LogP contribution is 2.43. The van der Waals surface area contributed by atoms with Gasteiger partial charge in [-0.25, -0.2) is 4.57 Å². The smallest absolute Gasteiger partial charge is 0.462 e. The van der Waals surface area contributed by atoms with Gasteiger partial charge in [-0.05, 0) is 44.9 Å². The van der Waals surface area contributed by atoms with Crippen LogP contribution < -0.4 is 0 Å². The van der Waals surface area contributed by atoms with Gasteiger partial charge in [0.2, 0.25) is 0 Å². The van der Waals surface area contributed by atoms with Gasteiger partial charge < -0.3 is 24.2 Å². The topological polar surface area (TPSA) is 155 Å². The highest BCUT2D eigenvalue weighted by molar-refractivity contribution is 7.47. The molecule has 0 aliphatic carbocycles. The van der Waals surface area contributed by atoms with Gasteiger partial charge in [-0.3, -0.25) is 23.4 Å². The van der Waals surface area contributed by atoms with Crippen molar-refractivity contribution in [3.8, 4) is 0 Å². The monoisotopic (exact) mass is 1040 g/mol. The second-order valence-electron chi connectivity index (χ2n) is 20.9. The number of unbranched alkanes of at least 4 members (excludes halogenated alkanes) is 39. The summed E-state index contributed by atoms with van der Waals surface area (Å²) >= 11 is 0. The average molecular weight is 1040 g/mol. The molecule has 3 atom stereocenters. The summed E-state index contributed by atoms with van der Waals surface area (Å²) in [5.41, 5.74) is 0. The van der Waals surface area contributed by atoms with Crippen LogP contribution in [0.5, 0.6) is 0 Å². The summed E-state index contributed by atoms with van der Waals surface area (Å²) in [6.45, 7) is 4.69. The van der Waals surface area contributed by atoms with Crippen molar-refractivity contribution in [1.29, 1.82) is 0 Å². The molecule has 0 aliphatic heterocycles. The lowest BCUT2D eigenvalue weighted by molar-refractivity contribution is -0.161. The van der Waals surface area contributed by atoms with Crippen LogP contribution in [0.3, 0.4) is 0 Å². The van der Waals surface area contributed by atoms with Crippen molar-refractivity contribution in [2.75, 3.05) is 26.4 Å². The van der Waals surface area contributed by atoms with Crippen LogP contribution in [-0.2, 0) is 42.2 Å². The molecular formula is C60H115O11P. The average Bonchev–Trinajstić information content (AvgIpc) is 3.37. The zero-order chi connectivity index (χ0) is 52.7. The van der Waals surface area contributed by atoms with Crippen molar-refractivity contribution in [2.24, 2.45) is 0 Å². The summed E-state index contributed by atoms with van der Waals surface area (Å²) in [6, 6.07) is 0. The minimum atomic E-state index is -4.74. The van der Waals surface area contributed by atoms with E-state index in [0.717, 1.165) is 77.0 Å². The van der Waals surface area contributed by atoms with Crippen molar-refractivity contribution in [1.82, 2.24) is 0 Å². The Labute approximate surface area is 443 Å². The van der Waals surface area contributed by atoms with E-state index in [9.17, 15) is 28.9 Å². The molecular weight excluding hydrogens is 928 g/mol. The maximum Gasteiger partial charge on any atom is 0.472 e. The molecule has 12 heteroatoms. The molecule has 426 valence electrons. The fourth-order valence-electron chi connectivity index (χ4n) is 9.00. The Morgan fingerprint density at radius 1 is 0.375 bits per heavy atom. The third kappa shape index (κ3) is 53.1. The minimum absolute atomic E-state index is 0.173. The number of carbonyl (C=O) groups excluding carboxylic acids is 3. The van der Waals surface area contributed by atoms with Crippen LogP contribution in [0.2, 0.25) is 0 Å². The largest absolute Gasteiger partial charge is 0.472 e. The third-order valence-corrected chi connectivity index (χ3v) is 14.6. The number of ether oxygens (including phenoxy) is 3. The van der Waals surface area contributed by atoms with Crippen LogP contribution in [0.15, 0.2) is 12.2 Å². The van der Waals surface area contributed by atoms with Gasteiger partial charge in [-0.2, -0.15) is 0 Å². The molecule has 72 heavy (non-hydrogen) atoms. The Hall–Kier alpha value is -1.78. The summed E-state index contributed by atoms with van der Waals surface area (Å²) in [7, 11) is -4.74. The quantitative estimate of drug-likeness (QED) is 0.0197. The van der Waals surface area contributed by atoms with Crippen LogP contribution in [-0.4, -0.2) is 66.5 Å². The number of aliphatic hydroxyl groups excluding tert-OH is 1. The van der Waals surface area contributed by atoms with Crippen LogP contribution in [0.1, 0.15) is 316 Å². The first-order valence-corrected chi connectivity index (χ1v) is 32.1. The second-order valence-corrected chi connectivity index (χ2v) is 22.3. The number of aliphatic hydroxyl groups is 1. The predicted octanol–water partition coefficient (Wildman–Crippen LogP) is 18.0. The molecule has 0 aromatic rings. The highest BCUT2D eigenvalue weighted by Gasteiger charge is 2.28. The lowest BCUT2D eigenvalue weighted by Crippen LogP contribution is -2.30. The van der Waals surface area contributed by atoms with E-state index < -0.39 is 57.8 Å². The molecule has 0 radical (unpaired) electrons. The standard InChI is InChI=1S/C60H115O11P/c1-4-7-10-13-16-19-22-25-27-28-30-33-36-39-42-45-48-51-60(64)71-57(53-67-58(62)49-46-43-40-37-34-32-29-26-23-20-17-14-11-8-5-2)55-69-72(65,66)68-54-56(52-61)70-59(63)50-47-44-41-38-35-31-24-21-18-15-12-9-6-3/h21,24,56-57,61H,4-20,22-23,25-55H2,1-3H3,(H,65,66)/b24-21-.